The third-order valence-electron chi connectivity index (χ3n) is 3.25. The summed E-state index contributed by atoms with van der Waals surface area (Å²) >= 11 is 5.02. The average Bonchev–Trinajstić information content (AvgIpc) is 2.47. The summed E-state index contributed by atoms with van der Waals surface area (Å²) in [7, 11) is 3.77. The molecule has 0 atom stereocenters. The summed E-state index contributed by atoms with van der Waals surface area (Å²) in [4.78, 5) is 2.68. The fraction of sp³-hybridized carbons (Fsp3) is 0.235. The lowest BCUT2D eigenvalue weighted by Crippen LogP contribution is -2.18. The fourth-order valence-corrected chi connectivity index (χ4v) is 2.40. The maximum Gasteiger partial charge on any atom is 0.119 e. The molecule has 2 aromatic rings. The van der Waals surface area contributed by atoms with E-state index in [9.17, 15) is 0 Å². The van der Waals surface area contributed by atoms with E-state index in [1.807, 2.05) is 30.3 Å². The van der Waals surface area contributed by atoms with Crippen LogP contribution in [0.3, 0.4) is 0 Å². The van der Waals surface area contributed by atoms with Gasteiger partial charge >= 0.3 is 0 Å². The van der Waals surface area contributed by atoms with Crippen molar-refractivity contribution in [3.63, 3.8) is 0 Å². The fourth-order valence-electron chi connectivity index (χ4n) is 2.27. The number of ether oxygens (including phenoxy) is 1. The molecule has 0 fully saturated rings. The number of hydrogen-bond acceptors (Lipinski definition) is 3. The molecule has 0 unspecified atom stereocenters. The Bertz CT molecular complexity index is 628. The van der Waals surface area contributed by atoms with Crippen molar-refractivity contribution >= 4 is 17.2 Å². The number of hydrogen-bond donors (Lipinski definition) is 1. The van der Waals surface area contributed by atoms with Crippen molar-refractivity contribution in [1.29, 1.82) is 0 Å². The second-order valence-corrected chi connectivity index (χ2v) is 5.53. The lowest BCUT2D eigenvalue weighted by molar-refractivity contribution is 0.318. The molecule has 4 heteroatoms. The summed E-state index contributed by atoms with van der Waals surface area (Å²) in [6, 6.07) is 16.2. The molecule has 0 bridgehead atoms. The summed E-state index contributed by atoms with van der Waals surface area (Å²) in [5, 5.41) is 0. The van der Waals surface area contributed by atoms with Crippen LogP contribution in [0.25, 0.3) is 0 Å². The lowest BCUT2D eigenvalue weighted by atomic mass is 10.1. The molecule has 21 heavy (non-hydrogen) atoms. The van der Waals surface area contributed by atoms with Gasteiger partial charge in [0.15, 0.2) is 0 Å². The number of rotatable bonds is 6. The third kappa shape index (κ3) is 4.55. The predicted molar refractivity (Wildman–Crippen MR) is 90.5 cm³/mol. The van der Waals surface area contributed by atoms with Gasteiger partial charge in [0.05, 0.1) is 7.11 Å². The molecule has 0 spiro atoms. The normalized spacial score (nSPS) is 10.6. The highest BCUT2D eigenvalue weighted by Gasteiger charge is 2.04. The molecular formula is C17H20N2OS. The standard InChI is InChI=1S/C17H20N2OS/c1-19(12-14-6-4-8-16(10-14)20-2)11-13-5-3-7-15(9-13)17(18)21/h3-10H,11-12H2,1-2H3,(H2,18,21). The van der Waals surface area contributed by atoms with E-state index in [1.54, 1.807) is 7.11 Å². The van der Waals surface area contributed by atoms with Crippen molar-refractivity contribution in [2.75, 3.05) is 14.2 Å². The van der Waals surface area contributed by atoms with Crippen LogP contribution in [0.4, 0.5) is 0 Å². The number of benzene rings is 2. The average molecular weight is 300 g/mol. The molecule has 0 amide bonds. The first-order valence-corrected chi connectivity index (χ1v) is 7.19. The van der Waals surface area contributed by atoms with Crippen LogP contribution in [0.5, 0.6) is 5.75 Å². The van der Waals surface area contributed by atoms with Gasteiger partial charge in [-0.2, -0.15) is 0 Å². The topological polar surface area (TPSA) is 38.5 Å². The molecule has 2 rings (SSSR count). The maximum absolute atomic E-state index is 5.67. The van der Waals surface area contributed by atoms with Crippen LogP contribution in [-0.2, 0) is 13.1 Å². The highest BCUT2D eigenvalue weighted by molar-refractivity contribution is 7.80. The van der Waals surface area contributed by atoms with Gasteiger partial charge in [-0.25, -0.2) is 0 Å². The van der Waals surface area contributed by atoms with Crippen molar-refractivity contribution in [3.8, 4) is 5.75 Å². The van der Waals surface area contributed by atoms with E-state index in [2.05, 4.69) is 30.1 Å². The van der Waals surface area contributed by atoms with Crippen LogP contribution in [0, 0.1) is 0 Å². The molecule has 0 aliphatic rings. The first-order chi connectivity index (χ1) is 10.1. The highest BCUT2D eigenvalue weighted by Crippen LogP contribution is 2.15. The summed E-state index contributed by atoms with van der Waals surface area (Å²) in [6.45, 7) is 1.70. The van der Waals surface area contributed by atoms with E-state index in [-0.39, 0.29) is 0 Å². The molecule has 0 saturated heterocycles. The number of nitrogens with zero attached hydrogens (tertiary/aromatic N) is 1. The molecule has 0 heterocycles. The van der Waals surface area contributed by atoms with Gasteiger partial charge in [0.1, 0.15) is 10.7 Å². The van der Waals surface area contributed by atoms with Gasteiger partial charge < -0.3 is 10.5 Å². The van der Waals surface area contributed by atoms with Gasteiger partial charge in [-0.1, -0.05) is 42.5 Å². The monoisotopic (exact) mass is 300 g/mol. The Labute approximate surface area is 131 Å². The van der Waals surface area contributed by atoms with E-state index in [4.69, 9.17) is 22.7 Å². The van der Waals surface area contributed by atoms with Crippen LogP contribution in [0.2, 0.25) is 0 Å². The minimum absolute atomic E-state index is 0.437. The molecule has 110 valence electrons. The molecule has 0 aliphatic heterocycles. The number of thiocarbonyl (C=S) groups is 1. The third-order valence-corrected chi connectivity index (χ3v) is 3.49. The highest BCUT2D eigenvalue weighted by atomic mass is 32.1. The number of nitrogens with two attached hydrogens (primary N) is 1. The zero-order chi connectivity index (χ0) is 15.2. The smallest absolute Gasteiger partial charge is 0.119 e. The Hall–Kier alpha value is -1.91. The quantitative estimate of drug-likeness (QED) is 0.833. The Kier molecular flexibility index (Phi) is 5.31. The van der Waals surface area contributed by atoms with Crippen molar-refractivity contribution < 1.29 is 4.74 Å². The first kappa shape index (κ1) is 15.5. The molecule has 0 radical (unpaired) electrons. The van der Waals surface area contributed by atoms with E-state index < -0.39 is 0 Å². The van der Waals surface area contributed by atoms with Crippen molar-refractivity contribution in [1.82, 2.24) is 4.90 Å². The van der Waals surface area contributed by atoms with Gasteiger partial charge in [-0.3, -0.25) is 4.90 Å². The summed E-state index contributed by atoms with van der Waals surface area (Å²) in [6.07, 6.45) is 0. The van der Waals surface area contributed by atoms with Crippen molar-refractivity contribution in [3.05, 3.63) is 65.2 Å². The van der Waals surface area contributed by atoms with Crippen LogP contribution >= 0.6 is 12.2 Å². The van der Waals surface area contributed by atoms with Crippen LogP contribution in [-0.4, -0.2) is 24.0 Å². The molecule has 0 aliphatic carbocycles. The largest absolute Gasteiger partial charge is 0.497 e. The van der Waals surface area contributed by atoms with Gasteiger partial charge in [-0.05, 0) is 36.4 Å². The van der Waals surface area contributed by atoms with Crippen molar-refractivity contribution in [2.24, 2.45) is 5.73 Å². The van der Waals surface area contributed by atoms with Crippen LogP contribution in [0.15, 0.2) is 48.5 Å². The van der Waals surface area contributed by atoms with Crippen LogP contribution in [0.1, 0.15) is 16.7 Å². The zero-order valence-corrected chi connectivity index (χ0v) is 13.2. The van der Waals surface area contributed by atoms with Gasteiger partial charge in [0.25, 0.3) is 0 Å². The zero-order valence-electron chi connectivity index (χ0n) is 12.4. The van der Waals surface area contributed by atoms with E-state index in [0.717, 1.165) is 24.4 Å². The minimum atomic E-state index is 0.437. The summed E-state index contributed by atoms with van der Waals surface area (Å²) in [5.74, 6) is 0.886. The Balaban J connectivity index is 2.02. The molecule has 0 saturated carbocycles. The maximum atomic E-state index is 5.67. The number of methoxy groups -OCH3 is 1. The predicted octanol–water partition coefficient (Wildman–Crippen LogP) is 2.96. The SMILES string of the molecule is COc1cccc(CN(C)Cc2cccc(C(N)=S)c2)c1. The summed E-state index contributed by atoms with van der Waals surface area (Å²) < 4.78 is 5.25. The second-order valence-electron chi connectivity index (χ2n) is 5.09. The minimum Gasteiger partial charge on any atom is -0.497 e. The molecule has 3 nitrogen and oxygen atoms in total. The van der Waals surface area contributed by atoms with E-state index in [0.29, 0.717) is 4.99 Å². The molecule has 2 N–H and O–H groups in total. The first-order valence-electron chi connectivity index (χ1n) is 6.78. The molecule has 2 aromatic carbocycles. The Morgan fingerprint density at radius 1 is 1.10 bits per heavy atom. The van der Waals surface area contributed by atoms with Crippen LogP contribution < -0.4 is 10.5 Å². The van der Waals surface area contributed by atoms with Crippen molar-refractivity contribution in [2.45, 2.75) is 13.1 Å². The van der Waals surface area contributed by atoms with E-state index >= 15 is 0 Å². The second kappa shape index (κ2) is 7.20. The van der Waals surface area contributed by atoms with Gasteiger partial charge in [-0.15, -0.1) is 0 Å². The van der Waals surface area contributed by atoms with Gasteiger partial charge in [0, 0.05) is 18.7 Å². The molecular weight excluding hydrogens is 280 g/mol. The Morgan fingerprint density at radius 2 is 1.71 bits per heavy atom. The summed E-state index contributed by atoms with van der Waals surface area (Å²) in [5.41, 5.74) is 9.01. The van der Waals surface area contributed by atoms with E-state index in [1.165, 1.54) is 11.1 Å². The lowest BCUT2D eigenvalue weighted by Gasteiger charge is -2.17. The van der Waals surface area contributed by atoms with Gasteiger partial charge in [0.2, 0.25) is 0 Å². The Morgan fingerprint density at radius 3 is 2.33 bits per heavy atom. The molecule has 0 aromatic heterocycles.